The molecule has 98 valence electrons. The predicted molar refractivity (Wildman–Crippen MR) is 74.9 cm³/mol. The maximum Gasteiger partial charge on any atom is 0.153 e. The molecule has 0 atom stereocenters. The van der Waals surface area contributed by atoms with Crippen molar-refractivity contribution in [3.63, 3.8) is 0 Å². The Balaban J connectivity index is 2.13. The third-order valence-electron chi connectivity index (χ3n) is 3.03. The second kappa shape index (κ2) is 5.13. The lowest BCUT2D eigenvalue weighted by molar-refractivity contribution is 0.112. The Bertz CT molecular complexity index is 745. The van der Waals surface area contributed by atoms with Crippen LogP contribution in [0.5, 0.6) is 0 Å². The van der Waals surface area contributed by atoms with Crippen LogP contribution in [0.3, 0.4) is 0 Å². The summed E-state index contributed by atoms with van der Waals surface area (Å²) >= 11 is 0. The van der Waals surface area contributed by atoms with Crippen molar-refractivity contribution in [2.24, 2.45) is 0 Å². The lowest BCUT2D eigenvalue weighted by Crippen LogP contribution is -1.82. The van der Waals surface area contributed by atoms with Gasteiger partial charge < -0.3 is 4.42 Å². The van der Waals surface area contributed by atoms with E-state index < -0.39 is 0 Å². The monoisotopic (exact) mass is 266 g/mol. The molecule has 0 unspecified atom stereocenters. The van der Waals surface area contributed by atoms with Crippen LogP contribution < -0.4 is 0 Å². The third-order valence-corrected chi connectivity index (χ3v) is 3.03. The molecule has 0 fully saturated rings. The molecule has 20 heavy (non-hydrogen) atoms. The minimum Gasteiger partial charge on any atom is -0.455 e. The van der Waals surface area contributed by atoms with Crippen molar-refractivity contribution in [1.29, 1.82) is 0 Å². The summed E-state index contributed by atoms with van der Waals surface area (Å²) in [5.74, 6) is 0.613. The van der Waals surface area contributed by atoms with Crippen LogP contribution in [0.1, 0.15) is 10.4 Å². The van der Waals surface area contributed by atoms with Gasteiger partial charge in [0.1, 0.15) is 17.3 Å². The molecule has 0 bridgehead atoms. The summed E-state index contributed by atoms with van der Waals surface area (Å²) in [6, 6.07) is 17.1. The molecule has 0 aliphatic carbocycles. The van der Waals surface area contributed by atoms with Crippen molar-refractivity contribution in [3.8, 4) is 22.6 Å². The quantitative estimate of drug-likeness (QED) is 0.650. The molecule has 0 amide bonds. The van der Waals surface area contributed by atoms with E-state index in [1.165, 1.54) is 12.1 Å². The van der Waals surface area contributed by atoms with Crippen molar-refractivity contribution < 1.29 is 13.6 Å². The fourth-order valence-electron chi connectivity index (χ4n) is 2.09. The zero-order chi connectivity index (χ0) is 13.9. The number of rotatable bonds is 3. The van der Waals surface area contributed by atoms with E-state index in [4.69, 9.17) is 4.42 Å². The van der Waals surface area contributed by atoms with E-state index in [9.17, 15) is 9.18 Å². The van der Waals surface area contributed by atoms with Crippen LogP contribution in [0.25, 0.3) is 22.6 Å². The van der Waals surface area contributed by atoms with Gasteiger partial charge in [-0.05, 0) is 18.2 Å². The number of carbonyl (C=O) groups is 1. The smallest absolute Gasteiger partial charge is 0.153 e. The summed E-state index contributed by atoms with van der Waals surface area (Å²) in [4.78, 5) is 11.2. The van der Waals surface area contributed by atoms with Crippen molar-refractivity contribution in [1.82, 2.24) is 0 Å². The Morgan fingerprint density at radius 1 is 0.900 bits per heavy atom. The molecule has 0 aliphatic rings. The fraction of sp³-hybridized carbons (Fsp3) is 0. The SMILES string of the molecule is O=Cc1cc(-c2ccccc2)oc1-c1cccc(F)c1. The number of halogens is 1. The molecular weight excluding hydrogens is 255 g/mol. The first kappa shape index (κ1) is 12.4. The van der Waals surface area contributed by atoms with Gasteiger partial charge in [-0.2, -0.15) is 0 Å². The second-order valence-electron chi connectivity index (χ2n) is 4.39. The van der Waals surface area contributed by atoms with Gasteiger partial charge in [-0.1, -0.05) is 42.5 Å². The molecule has 0 spiro atoms. The summed E-state index contributed by atoms with van der Waals surface area (Å²) in [5.41, 5.74) is 1.84. The zero-order valence-electron chi connectivity index (χ0n) is 10.5. The van der Waals surface area contributed by atoms with Crippen molar-refractivity contribution in [2.75, 3.05) is 0 Å². The molecule has 3 heteroatoms. The van der Waals surface area contributed by atoms with E-state index in [1.54, 1.807) is 18.2 Å². The van der Waals surface area contributed by atoms with Gasteiger partial charge in [-0.25, -0.2) is 4.39 Å². The molecule has 2 nitrogen and oxygen atoms in total. The first-order valence-corrected chi connectivity index (χ1v) is 6.18. The van der Waals surface area contributed by atoms with E-state index in [-0.39, 0.29) is 5.82 Å². The topological polar surface area (TPSA) is 30.2 Å². The summed E-state index contributed by atoms with van der Waals surface area (Å²) in [6.07, 6.45) is 0.718. The Hall–Kier alpha value is -2.68. The van der Waals surface area contributed by atoms with Gasteiger partial charge in [0, 0.05) is 11.1 Å². The number of furan rings is 1. The van der Waals surface area contributed by atoms with Crippen molar-refractivity contribution >= 4 is 6.29 Å². The molecule has 0 aliphatic heterocycles. The average molecular weight is 266 g/mol. The molecule has 0 N–H and O–H groups in total. The second-order valence-corrected chi connectivity index (χ2v) is 4.39. The molecule has 0 radical (unpaired) electrons. The molecule has 3 rings (SSSR count). The largest absolute Gasteiger partial charge is 0.455 e. The van der Waals surface area contributed by atoms with Crippen LogP contribution in [-0.2, 0) is 0 Å². The van der Waals surface area contributed by atoms with Gasteiger partial charge in [0.25, 0.3) is 0 Å². The molecule has 2 aromatic carbocycles. The Morgan fingerprint density at radius 2 is 1.65 bits per heavy atom. The normalized spacial score (nSPS) is 10.4. The lowest BCUT2D eigenvalue weighted by atomic mass is 10.1. The molecule has 0 saturated heterocycles. The van der Waals surface area contributed by atoms with Gasteiger partial charge in [0.05, 0.1) is 5.56 Å². The van der Waals surface area contributed by atoms with Crippen LogP contribution in [0.4, 0.5) is 4.39 Å². The summed E-state index contributed by atoms with van der Waals surface area (Å²) in [5, 5.41) is 0. The highest BCUT2D eigenvalue weighted by atomic mass is 19.1. The van der Waals surface area contributed by atoms with E-state index in [0.29, 0.717) is 22.6 Å². The van der Waals surface area contributed by atoms with E-state index in [2.05, 4.69) is 0 Å². The van der Waals surface area contributed by atoms with Gasteiger partial charge >= 0.3 is 0 Å². The minimum atomic E-state index is -0.364. The first-order valence-electron chi connectivity index (χ1n) is 6.18. The van der Waals surface area contributed by atoms with Crippen molar-refractivity contribution in [3.05, 3.63) is 72.0 Å². The van der Waals surface area contributed by atoms with Crippen LogP contribution in [0.2, 0.25) is 0 Å². The van der Waals surface area contributed by atoms with Crippen LogP contribution in [0.15, 0.2) is 65.1 Å². The number of benzene rings is 2. The molecule has 3 aromatic rings. The summed E-state index contributed by atoms with van der Waals surface area (Å²) < 4.78 is 19.0. The number of carbonyl (C=O) groups excluding carboxylic acids is 1. The highest BCUT2D eigenvalue weighted by Gasteiger charge is 2.14. The lowest BCUT2D eigenvalue weighted by Gasteiger charge is -1.99. The molecule has 1 heterocycles. The molecular formula is C17H11FO2. The van der Waals surface area contributed by atoms with Crippen LogP contribution >= 0.6 is 0 Å². The highest BCUT2D eigenvalue weighted by molar-refractivity contribution is 5.87. The highest BCUT2D eigenvalue weighted by Crippen LogP contribution is 2.31. The van der Waals surface area contributed by atoms with Gasteiger partial charge in [0.15, 0.2) is 6.29 Å². The first-order chi connectivity index (χ1) is 9.78. The van der Waals surface area contributed by atoms with E-state index >= 15 is 0 Å². The standard InChI is InChI=1S/C17H11FO2/c18-15-8-4-7-13(9-15)17-14(11-19)10-16(20-17)12-5-2-1-3-6-12/h1-11H. The summed E-state index contributed by atoms with van der Waals surface area (Å²) in [6.45, 7) is 0. The van der Waals surface area contributed by atoms with E-state index in [0.717, 1.165) is 11.8 Å². The number of hydrogen-bond acceptors (Lipinski definition) is 2. The predicted octanol–water partition coefficient (Wildman–Crippen LogP) is 4.57. The minimum absolute atomic E-state index is 0.364. The third kappa shape index (κ3) is 2.26. The Labute approximate surface area is 115 Å². The maximum absolute atomic E-state index is 13.3. The number of aldehydes is 1. The van der Waals surface area contributed by atoms with Crippen LogP contribution in [0, 0.1) is 5.82 Å². The van der Waals surface area contributed by atoms with Crippen LogP contribution in [-0.4, -0.2) is 6.29 Å². The Kier molecular flexibility index (Phi) is 3.17. The molecule has 0 saturated carbocycles. The molecule has 1 aromatic heterocycles. The van der Waals surface area contributed by atoms with Gasteiger partial charge in [-0.15, -0.1) is 0 Å². The zero-order valence-corrected chi connectivity index (χ0v) is 10.5. The van der Waals surface area contributed by atoms with E-state index in [1.807, 2.05) is 30.3 Å². The summed E-state index contributed by atoms with van der Waals surface area (Å²) in [7, 11) is 0. The Morgan fingerprint density at radius 3 is 2.35 bits per heavy atom. The fourth-order valence-corrected chi connectivity index (χ4v) is 2.09. The van der Waals surface area contributed by atoms with Crippen molar-refractivity contribution in [2.45, 2.75) is 0 Å². The average Bonchev–Trinajstić information content (AvgIpc) is 2.92. The number of hydrogen-bond donors (Lipinski definition) is 0. The van der Waals surface area contributed by atoms with Gasteiger partial charge in [-0.3, -0.25) is 4.79 Å². The maximum atomic E-state index is 13.3. The van der Waals surface area contributed by atoms with Gasteiger partial charge in [0.2, 0.25) is 0 Å².